The number of esters is 1. The maximum atomic E-state index is 14.2. The van der Waals surface area contributed by atoms with Crippen LogP contribution in [0.5, 0.6) is 0 Å². The van der Waals surface area contributed by atoms with Crippen molar-refractivity contribution in [2.75, 3.05) is 6.61 Å². The van der Waals surface area contributed by atoms with E-state index in [4.69, 9.17) is 4.74 Å². The van der Waals surface area contributed by atoms with Crippen LogP contribution in [0.2, 0.25) is 0 Å². The molecule has 3 N–H and O–H groups in total. The van der Waals surface area contributed by atoms with Crippen LogP contribution in [-0.4, -0.2) is 51.5 Å². The normalized spacial score (nSPS) is 44.7. The Morgan fingerprint density at radius 1 is 1.32 bits per heavy atom. The quantitative estimate of drug-likeness (QED) is 0.361. The van der Waals surface area contributed by atoms with Crippen molar-refractivity contribution in [3.63, 3.8) is 0 Å². The van der Waals surface area contributed by atoms with Crippen molar-refractivity contribution in [2.45, 2.75) is 65.8 Å². The van der Waals surface area contributed by atoms with E-state index in [1.165, 1.54) is 6.08 Å². The van der Waals surface area contributed by atoms with Gasteiger partial charge in [-0.15, -0.1) is 0 Å². The lowest BCUT2D eigenvalue weighted by molar-refractivity contribution is -0.201. The molecule has 0 saturated heterocycles. The van der Waals surface area contributed by atoms with Gasteiger partial charge >= 0.3 is 5.97 Å². The zero-order chi connectivity index (χ0) is 23.1. The van der Waals surface area contributed by atoms with Gasteiger partial charge in [-0.3, -0.25) is 4.79 Å². The van der Waals surface area contributed by atoms with Crippen LogP contribution >= 0.6 is 0 Å². The molecule has 31 heavy (non-hydrogen) atoms. The zero-order valence-corrected chi connectivity index (χ0v) is 19.2. The van der Waals surface area contributed by atoms with Gasteiger partial charge in [0, 0.05) is 12.0 Å². The largest absolute Gasteiger partial charge is 0.451 e. The number of carbonyl (C=O) groups excluding carboxylic acids is 2. The summed E-state index contributed by atoms with van der Waals surface area (Å²) in [6, 6.07) is 0. The molecular formula is C25H34O6. The fraction of sp³-hybridized carbons (Fsp3) is 0.680. The predicted molar refractivity (Wildman–Crippen MR) is 115 cm³/mol. The summed E-state index contributed by atoms with van der Waals surface area (Å²) in [5, 5.41) is 33.6. The molecule has 2 saturated carbocycles. The maximum Gasteiger partial charge on any atom is 0.331 e. The average molecular weight is 431 g/mol. The first kappa shape index (κ1) is 22.4. The number of Topliss-reactive ketones (excluding diaryl/α,β-unsaturated/α-hetero) is 1. The van der Waals surface area contributed by atoms with E-state index < -0.39 is 41.7 Å². The molecule has 0 radical (unpaired) electrons. The highest BCUT2D eigenvalue weighted by Crippen LogP contribution is 2.71. The molecule has 6 heteroatoms. The Labute approximate surface area is 183 Å². The number of ketones is 1. The highest BCUT2D eigenvalue weighted by Gasteiger charge is 2.76. The molecule has 0 unspecified atom stereocenters. The lowest BCUT2D eigenvalue weighted by Gasteiger charge is -2.48. The Balaban J connectivity index is 1.90. The Kier molecular flexibility index (Phi) is 4.97. The van der Waals surface area contributed by atoms with Gasteiger partial charge in [-0.05, 0) is 61.5 Å². The van der Waals surface area contributed by atoms with Gasteiger partial charge in [0.05, 0.1) is 12.0 Å². The summed E-state index contributed by atoms with van der Waals surface area (Å²) in [5.41, 5.74) is -2.00. The zero-order valence-electron chi connectivity index (χ0n) is 19.2. The summed E-state index contributed by atoms with van der Waals surface area (Å²) in [6.45, 7) is 11.0. The molecular weight excluding hydrogens is 396 g/mol. The molecule has 0 aromatic carbocycles. The number of aliphatic hydroxyl groups excluding tert-OH is 2. The van der Waals surface area contributed by atoms with E-state index in [1.54, 1.807) is 32.9 Å². The van der Waals surface area contributed by atoms with Crippen molar-refractivity contribution >= 4 is 11.8 Å². The number of hydrogen-bond acceptors (Lipinski definition) is 6. The van der Waals surface area contributed by atoms with Crippen molar-refractivity contribution in [3.05, 3.63) is 34.9 Å². The molecule has 2 fully saturated rings. The van der Waals surface area contributed by atoms with E-state index in [0.29, 0.717) is 11.5 Å². The number of fused-ring (bicyclic) bond motifs is 3. The number of carbonyl (C=O) groups is 2. The molecule has 0 heterocycles. The number of hydrogen-bond donors (Lipinski definition) is 3. The summed E-state index contributed by atoms with van der Waals surface area (Å²) >= 11 is 0. The molecule has 8 atom stereocenters. The van der Waals surface area contributed by atoms with E-state index >= 15 is 0 Å². The predicted octanol–water partition coefficient (Wildman–Crippen LogP) is 2.33. The topological polar surface area (TPSA) is 104 Å². The third-order valence-corrected chi connectivity index (χ3v) is 8.54. The standard InChI is InChI=1S/C25H34O6/c1-12(2)7-18(27)31-22-13(3)10-24-14(4)8-17-19(23(17,5)6)16(21(24)29)9-15(11-26)20(28)25(22,24)30/h7,9-10,14,16-17,19-20,22,26,28,30H,8,11H2,1-6H3/t14-,16+,17-,19+,20-,22+,24-,25+/m1/s1. The summed E-state index contributed by atoms with van der Waals surface area (Å²) < 4.78 is 5.67. The van der Waals surface area contributed by atoms with Gasteiger partial charge in [0.15, 0.2) is 17.5 Å². The minimum absolute atomic E-state index is 0.0205. The van der Waals surface area contributed by atoms with E-state index in [1.807, 2.05) is 6.92 Å². The van der Waals surface area contributed by atoms with Gasteiger partial charge in [-0.1, -0.05) is 38.5 Å². The summed E-state index contributed by atoms with van der Waals surface area (Å²) in [4.78, 5) is 26.7. The van der Waals surface area contributed by atoms with Crippen LogP contribution in [-0.2, 0) is 14.3 Å². The maximum absolute atomic E-state index is 14.2. The van der Waals surface area contributed by atoms with Gasteiger partial charge in [-0.2, -0.15) is 0 Å². The van der Waals surface area contributed by atoms with Crippen LogP contribution in [0.15, 0.2) is 34.9 Å². The van der Waals surface area contributed by atoms with Crippen LogP contribution in [0.25, 0.3) is 0 Å². The van der Waals surface area contributed by atoms with Gasteiger partial charge in [0.2, 0.25) is 0 Å². The second kappa shape index (κ2) is 6.87. The highest BCUT2D eigenvalue weighted by molar-refractivity contribution is 5.95. The Bertz CT molecular complexity index is 922. The Morgan fingerprint density at radius 2 is 1.97 bits per heavy atom. The minimum Gasteiger partial charge on any atom is -0.451 e. The van der Waals surface area contributed by atoms with Gasteiger partial charge in [0.1, 0.15) is 6.10 Å². The molecule has 0 aromatic rings. The fourth-order valence-electron chi connectivity index (χ4n) is 6.98. The molecule has 6 nitrogen and oxygen atoms in total. The Hall–Kier alpha value is -1.76. The lowest BCUT2D eigenvalue weighted by atomic mass is 9.59. The minimum atomic E-state index is -2.08. The molecule has 2 bridgehead atoms. The lowest BCUT2D eigenvalue weighted by Crippen LogP contribution is -2.65. The molecule has 4 aliphatic rings. The van der Waals surface area contributed by atoms with E-state index in [-0.39, 0.29) is 28.6 Å². The first-order valence-corrected chi connectivity index (χ1v) is 11.1. The molecule has 0 aromatic heterocycles. The van der Waals surface area contributed by atoms with Gasteiger partial charge in [0.25, 0.3) is 0 Å². The number of rotatable bonds is 3. The number of ether oxygens (including phenoxy) is 1. The highest BCUT2D eigenvalue weighted by atomic mass is 16.6. The first-order valence-electron chi connectivity index (χ1n) is 11.1. The van der Waals surface area contributed by atoms with Crippen molar-refractivity contribution < 1.29 is 29.6 Å². The van der Waals surface area contributed by atoms with Crippen molar-refractivity contribution in [1.82, 2.24) is 0 Å². The summed E-state index contributed by atoms with van der Waals surface area (Å²) in [7, 11) is 0. The van der Waals surface area contributed by atoms with Crippen molar-refractivity contribution in [2.24, 2.45) is 34.5 Å². The second-order valence-electron chi connectivity index (χ2n) is 10.9. The first-order chi connectivity index (χ1) is 14.3. The number of allylic oxidation sites excluding steroid dienone is 2. The van der Waals surface area contributed by atoms with E-state index in [2.05, 4.69) is 13.8 Å². The van der Waals surface area contributed by atoms with Gasteiger partial charge < -0.3 is 20.1 Å². The molecule has 1 spiro atoms. The molecule has 4 aliphatic carbocycles. The Morgan fingerprint density at radius 3 is 2.55 bits per heavy atom. The van der Waals surface area contributed by atoms with E-state index in [9.17, 15) is 24.9 Å². The smallest absolute Gasteiger partial charge is 0.331 e. The van der Waals surface area contributed by atoms with Crippen molar-refractivity contribution in [1.29, 1.82) is 0 Å². The average Bonchev–Trinajstić information content (AvgIpc) is 3.16. The number of aliphatic hydroxyl groups is 3. The monoisotopic (exact) mass is 430 g/mol. The molecule has 4 rings (SSSR count). The summed E-state index contributed by atoms with van der Waals surface area (Å²) in [6.07, 6.45) is 2.75. The third-order valence-electron chi connectivity index (χ3n) is 8.54. The second-order valence-corrected chi connectivity index (χ2v) is 10.9. The van der Waals surface area contributed by atoms with Crippen LogP contribution < -0.4 is 0 Å². The summed E-state index contributed by atoms with van der Waals surface area (Å²) in [5.74, 6) is -1.16. The van der Waals surface area contributed by atoms with Crippen LogP contribution in [0.1, 0.15) is 48.0 Å². The van der Waals surface area contributed by atoms with Crippen LogP contribution in [0.4, 0.5) is 0 Å². The van der Waals surface area contributed by atoms with Gasteiger partial charge in [-0.25, -0.2) is 4.79 Å². The molecule has 170 valence electrons. The fourth-order valence-corrected chi connectivity index (χ4v) is 6.98. The SMILES string of the molecule is CC(C)=CC(=O)O[C@H]1C(C)=C[C@@]23C(=O)[C@@H](C=C(CO)[C@@H](O)[C@]12O)[C@H]1[C@@H](C[C@H]3C)C1(C)C. The van der Waals surface area contributed by atoms with E-state index in [0.717, 1.165) is 12.0 Å². The third kappa shape index (κ3) is 2.74. The van der Waals surface area contributed by atoms with Crippen LogP contribution in [0.3, 0.4) is 0 Å². The molecule has 0 amide bonds. The molecule has 0 aliphatic heterocycles. The van der Waals surface area contributed by atoms with Crippen LogP contribution in [0, 0.1) is 34.5 Å². The van der Waals surface area contributed by atoms with Crippen molar-refractivity contribution in [3.8, 4) is 0 Å².